The summed E-state index contributed by atoms with van der Waals surface area (Å²) in [7, 11) is 0. The van der Waals surface area contributed by atoms with E-state index in [2.05, 4.69) is 16.0 Å². The number of carbonyl (C=O) groups excluding carboxylic acids is 2. The van der Waals surface area contributed by atoms with E-state index in [0.717, 1.165) is 5.56 Å². The summed E-state index contributed by atoms with van der Waals surface area (Å²) in [4.78, 5) is 24.7. The second-order valence-electron chi connectivity index (χ2n) is 6.98. The van der Waals surface area contributed by atoms with Crippen LogP contribution in [0.4, 0.5) is 11.4 Å². The number of hydrogen-bond acceptors (Lipinski definition) is 4. The first-order valence-corrected chi connectivity index (χ1v) is 10.7. The highest BCUT2D eigenvalue weighted by Crippen LogP contribution is 2.16. The van der Waals surface area contributed by atoms with Gasteiger partial charge in [-0.25, -0.2) is 0 Å². The smallest absolute Gasteiger partial charge is 0.257 e. The summed E-state index contributed by atoms with van der Waals surface area (Å²) < 4.78 is 5.42. The summed E-state index contributed by atoms with van der Waals surface area (Å²) >= 11 is 5.26. The predicted octanol–water partition coefficient (Wildman–Crippen LogP) is 4.78. The van der Waals surface area contributed by atoms with Crippen LogP contribution in [-0.4, -0.2) is 23.5 Å². The van der Waals surface area contributed by atoms with Crippen molar-refractivity contribution in [1.82, 2.24) is 5.32 Å². The Hall–Kier alpha value is -3.71. The molecule has 0 aromatic heterocycles. The van der Waals surface area contributed by atoms with E-state index in [4.69, 9.17) is 17.0 Å². The molecule has 3 N–H and O–H groups in total. The molecule has 0 heterocycles. The molecule has 164 valence electrons. The zero-order valence-electron chi connectivity index (χ0n) is 17.8. The van der Waals surface area contributed by atoms with Crippen molar-refractivity contribution in [3.05, 3.63) is 90.0 Å². The molecule has 0 aliphatic rings. The van der Waals surface area contributed by atoms with Crippen LogP contribution in [0.1, 0.15) is 29.3 Å². The molecule has 6 nitrogen and oxygen atoms in total. The van der Waals surface area contributed by atoms with Gasteiger partial charge in [0.1, 0.15) is 5.75 Å². The molecule has 0 saturated carbocycles. The SMILES string of the molecule is CCOc1cccc(C(=O)NC(=S)Nc2cccc(NC(=O)CCc3ccccc3)c2)c1. The third-order valence-corrected chi connectivity index (χ3v) is 4.73. The summed E-state index contributed by atoms with van der Waals surface area (Å²) in [5, 5.41) is 8.67. The molecule has 0 aliphatic heterocycles. The maximum absolute atomic E-state index is 12.5. The number of nitrogens with one attached hydrogen (secondary N) is 3. The van der Waals surface area contributed by atoms with Gasteiger partial charge in [0.25, 0.3) is 5.91 Å². The molecule has 2 amide bonds. The third-order valence-electron chi connectivity index (χ3n) is 4.52. The number of anilines is 2. The summed E-state index contributed by atoms with van der Waals surface area (Å²) in [6, 6.07) is 23.9. The van der Waals surface area contributed by atoms with Gasteiger partial charge in [-0.15, -0.1) is 0 Å². The second-order valence-corrected chi connectivity index (χ2v) is 7.39. The van der Waals surface area contributed by atoms with E-state index >= 15 is 0 Å². The topological polar surface area (TPSA) is 79.5 Å². The zero-order valence-corrected chi connectivity index (χ0v) is 18.6. The van der Waals surface area contributed by atoms with Gasteiger partial charge in [0.15, 0.2) is 5.11 Å². The number of hydrogen-bond donors (Lipinski definition) is 3. The Morgan fingerprint density at radius 2 is 1.59 bits per heavy atom. The fraction of sp³-hybridized carbons (Fsp3) is 0.160. The molecule has 3 rings (SSSR count). The molecule has 3 aromatic rings. The fourth-order valence-electron chi connectivity index (χ4n) is 3.03. The van der Waals surface area contributed by atoms with Crippen molar-refractivity contribution in [2.45, 2.75) is 19.8 Å². The minimum Gasteiger partial charge on any atom is -0.494 e. The first-order valence-electron chi connectivity index (χ1n) is 10.3. The van der Waals surface area contributed by atoms with Crippen molar-refractivity contribution in [3.8, 4) is 5.75 Å². The lowest BCUT2D eigenvalue weighted by Crippen LogP contribution is -2.34. The average molecular weight is 448 g/mol. The van der Waals surface area contributed by atoms with Gasteiger partial charge in [-0.1, -0.05) is 42.5 Å². The number of amides is 2. The van der Waals surface area contributed by atoms with Crippen LogP contribution in [0.3, 0.4) is 0 Å². The van der Waals surface area contributed by atoms with Gasteiger partial charge in [-0.2, -0.15) is 0 Å². The van der Waals surface area contributed by atoms with E-state index in [9.17, 15) is 9.59 Å². The largest absolute Gasteiger partial charge is 0.494 e. The maximum atomic E-state index is 12.5. The van der Waals surface area contributed by atoms with E-state index in [-0.39, 0.29) is 16.9 Å². The molecular weight excluding hydrogens is 422 g/mol. The van der Waals surface area contributed by atoms with Crippen LogP contribution >= 0.6 is 12.2 Å². The number of benzene rings is 3. The average Bonchev–Trinajstić information content (AvgIpc) is 2.79. The lowest BCUT2D eigenvalue weighted by atomic mass is 10.1. The molecule has 0 bridgehead atoms. The molecule has 0 unspecified atom stereocenters. The Morgan fingerprint density at radius 3 is 2.34 bits per heavy atom. The summed E-state index contributed by atoms with van der Waals surface area (Å²) in [5.41, 5.74) is 2.86. The van der Waals surface area contributed by atoms with Crippen molar-refractivity contribution >= 4 is 40.5 Å². The van der Waals surface area contributed by atoms with Gasteiger partial charge in [-0.3, -0.25) is 14.9 Å². The lowest BCUT2D eigenvalue weighted by molar-refractivity contribution is -0.116. The van der Waals surface area contributed by atoms with Gasteiger partial charge in [0, 0.05) is 23.4 Å². The fourth-order valence-corrected chi connectivity index (χ4v) is 3.24. The molecule has 0 radical (unpaired) electrons. The highest BCUT2D eigenvalue weighted by Gasteiger charge is 2.10. The molecule has 7 heteroatoms. The van der Waals surface area contributed by atoms with E-state index in [0.29, 0.717) is 42.1 Å². The van der Waals surface area contributed by atoms with Crippen LogP contribution in [0, 0.1) is 0 Å². The van der Waals surface area contributed by atoms with Crippen molar-refractivity contribution in [2.24, 2.45) is 0 Å². The highest BCUT2D eigenvalue weighted by atomic mass is 32.1. The van der Waals surface area contributed by atoms with Crippen molar-refractivity contribution < 1.29 is 14.3 Å². The van der Waals surface area contributed by atoms with E-state index in [1.165, 1.54) is 0 Å². The van der Waals surface area contributed by atoms with Crippen LogP contribution in [0.5, 0.6) is 5.75 Å². The van der Waals surface area contributed by atoms with Crippen LogP contribution in [0.15, 0.2) is 78.9 Å². The van der Waals surface area contributed by atoms with Crippen LogP contribution in [0.25, 0.3) is 0 Å². The van der Waals surface area contributed by atoms with Crippen molar-refractivity contribution in [3.63, 3.8) is 0 Å². The van der Waals surface area contributed by atoms with Gasteiger partial charge in [-0.05, 0) is 67.5 Å². The first kappa shape index (κ1) is 23.0. The van der Waals surface area contributed by atoms with Gasteiger partial charge < -0.3 is 15.4 Å². The number of aryl methyl sites for hydroxylation is 1. The zero-order chi connectivity index (χ0) is 22.8. The maximum Gasteiger partial charge on any atom is 0.257 e. The van der Waals surface area contributed by atoms with Gasteiger partial charge in [0.05, 0.1) is 6.61 Å². The molecule has 3 aromatic carbocycles. The molecule has 0 atom stereocenters. The normalized spacial score (nSPS) is 10.2. The molecule has 32 heavy (non-hydrogen) atoms. The Balaban J connectivity index is 1.52. The Labute approximate surface area is 193 Å². The number of carbonyl (C=O) groups is 2. The lowest BCUT2D eigenvalue weighted by Gasteiger charge is -2.12. The van der Waals surface area contributed by atoms with Gasteiger partial charge >= 0.3 is 0 Å². The third kappa shape index (κ3) is 7.21. The number of thiocarbonyl (C=S) groups is 1. The summed E-state index contributed by atoms with van der Waals surface area (Å²) in [6.45, 7) is 2.40. The van der Waals surface area contributed by atoms with Crippen LogP contribution in [-0.2, 0) is 11.2 Å². The summed E-state index contributed by atoms with van der Waals surface area (Å²) in [5.74, 6) is 0.209. The van der Waals surface area contributed by atoms with Crippen LogP contribution in [0.2, 0.25) is 0 Å². The molecule has 0 aliphatic carbocycles. The monoisotopic (exact) mass is 447 g/mol. The van der Waals surface area contributed by atoms with Crippen molar-refractivity contribution in [2.75, 3.05) is 17.2 Å². The molecule has 0 saturated heterocycles. The molecular formula is C25H25N3O3S. The Kier molecular flexibility index (Phi) is 8.34. The van der Waals surface area contributed by atoms with Crippen LogP contribution < -0.4 is 20.7 Å². The minimum absolute atomic E-state index is 0.0731. The molecule has 0 fully saturated rings. The number of rotatable bonds is 8. The first-order chi connectivity index (χ1) is 15.5. The Bertz CT molecular complexity index is 1090. The van der Waals surface area contributed by atoms with E-state index in [1.807, 2.05) is 37.3 Å². The van der Waals surface area contributed by atoms with Crippen molar-refractivity contribution in [1.29, 1.82) is 0 Å². The van der Waals surface area contributed by atoms with Gasteiger partial charge in [0.2, 0.25) is 5.91 Å². The predicted molar refractivity (Wildman–Crippen MR) is 131 cm³/mol. The highest BCUT2D eigenvalue weighted by molar-refractivity contribution is 7.80. The molecule has 0 spiro atoms. The standard InChI is InChI=1S/C25H25N3O3S/c1-2-31-22-13-6-10-19(16-22)24(30)28-25(32)27-21-12-7-11-20(17-21)26-23(29)15-14-18-8-4-3-5-9-18/h3-13,16-17H,2,14-15H2,1H3,(H,26,29)(H2,27,28,30,32). The Morgan fingerprint density at radius 1 is 0.875 bits per heavy atom. The quantitative estimate of drug-likeness (QED) is 0.433. The van der Waals surface area contributed by atoms with E-state index < -0.39 is 0 Å². The summed E-state index contributed by atoms with van der Waals surface area (Å²) in [6.07, 6.45) is 1.06. The second kappa shape index (κ2) is 11.6. The van der Waals surface area contributed by atoms with E-state index in [1.54, 1.807) is 48.5 Å². The minimum atomic E-state index is -0.338. The number of ether oxygens (including phenoxy) is 1.